The number of fused-ring (bicyclic) bond motifs is 5. The van der Waals surface area contributed by atoms with Crippen LogP contribution in [0.25, 0.3) is 32.3 Å². The van der Waals surface area contributed by atoms with Gasteiger partial charge in [-0.05, 0) is 160 Å². The fraction of sp³-hybridized carbons (Fsp3) is 0.312. The molecule has 0 amide bonds. The highest BCUT2D eigenvalue weighted by Gasteiger charge is 2.44. The van der Waals surface area contributed by atoms with Crippen LogP contribution >= 0.6 is 11.3 Å². The molecule has 0 spiro atoms. The van der Waals surface area contributed by atoms with E-state index in [1.54, 1.807) is 0 Å². The molecule has 7 aromatic carbocycles. The molecule has 3 aliphatic rings. The molecule has 0 saturated carbocycles. The summed E-state index contributed by atoms with van der Waals surface area (Å²) in [7, 11) is 0. The summed E-state index contributed by atoms with van der Waals surface area (Å²) in [6.45, 7) is 30.7. The first-order valence-electron chi connectivity index (χ1n) is 25.0. The van der Waals surface area contributed by atoms with Crippen molar-refractivity contribution in [2.45, 2.75) is 130 Å². The van der Waals surface area contributed by atoms with Crippen molar-refractivity contribution in [3.8, 4) is 21.6 Å². The Kier molecular flexibility index (Phi) is 10.1. The smallest absolute Gasteiger partial charge is 0.260 e. The maximum absolute atomic E-state index is 2.60. The van der Waals surface area contributed by atoms with Crippen LogP contribution in [0, 0.1) is 0 Å². The highest BCUT2D eigenvalue weighted by molar-refractivity contribution is 7.32. The van der Waals surface area contributed by atoms with E-state index in [1.165, 1.54) is 123 Å². The van der Waals surface area contributed by atoms with E-state index in [0.29, 0.717) is 0 Å². The van der Waals surface area contributed by atoms with Gasteiger partial charge in [0.15, 0.2) is 0 Å². The lowest BCUT2D eigenvalue weighted by atomic mass is 9.34. The van der Waals surface area contributed by atoms with Crippen molar-refractivity contribution in [3.63, 3.8) is 0 Å². The second-order valence-electron chi connectivity index (χ2n) is 24.5. The van der Waals surface area contributed by atoms with E-state index in [9.17, 15) is 0 Å². The molecule has 3 heterocycles. The summed E-state index contributed by atoms with van der Waals surface area (Å²) in [5, 5.41) is 2.74. The molecule has 8 aromatic rings. The van der Waals surface area contributed by atoms with Crippen LogP contribution in [0.2, 0.25) is 0 Å². The molecule has 1 aliphatic carbocycles. The van der Waals surface area contributed by atoms with Gasteiger partial charge in [0.05, 0.1) is 0 Å². The Morgan fingerprint density at radius 2 is 1.12 bits per heavy atom. The first-order chi connectivity index (χ1) is 32.1. The number of benzene rings is 7. The third kappa shape index (κ3) is 7.19. The zero-order valence-electron chi connectivity index (χ0n) is 42.7. The van der Waals surface area contributed by atoms with Crippen molar-refractivity contribution in [1.29, 1.82) is 0 Å². The van der Waals surface area contributed by atoms with Gasteiger partial charge in [-0.25, -0.2) is 0 Å². The lowest BCUT2D eigenvalue weighted by Crippen LogP contribution is -2.58. The fourth-order valence-electron chi connectivity index (χ4n) is 11.6. The van der Waals surface area contributed by atoms with Gasteiger partial charge in [-0.3, -0.25) is 0 Å². The molecule has 0 radical (unpaired) electrons. The van der Waals surface area contributed by atoms with Crippen molar-refractivity contribution in [2.75, 3.05) is 9.80 Å². The molecular formula is C64H67BN2S. The number of rotatable bonds is 5. The van der Waals surface area contributed by atoms with Gasteiger partial charge < -0.3 is 9.80 Å². The monoisotopic (exact) mass is 907 g/mol. The van der Waals surface area contributed by atoms with Gasteiger partial charge in [0.1, 0.15) is 0 Å². The molecule has 0 unspecified atom stereocenters. The van der Waals surface area contributed by atoms with Crippen molar-refractivity contribution >= 4 is 78.6 Å². The van der Waals surface area contributed by atoms with Crippen LogP contribution in [0.5, 0.6) is 0 Å². The second kappa shape index (κ2) is 15.3. The molecule has 1 aromatic heterocycles. The summed E-state index contributed by atoms with van der Waals surface area (Å²) >= 11 is 2.00. The van der Waals surface area contributed by atoms with Crippen LogP contribution in [0.4, 0.5) is 34.1 Å². The molecule has 0 bridgehead atoms. The summed E-state index contributed by atoms with van der Waals surface area (Å²) < 4.78 is 1.44. The lowest BCUT2D eigenvalue weighted by Gasteiger charge is -2.43. The molecule has 342 valence electrons. The first-order valence-corrected chi connectivity index (χ1v) is 25.8. The Labute approximate surface area is 411 Å². The summed E-state index contributed by atoms with van der Waals surface area (Å²) in [5.41, 5.74) is 21.1. The molecule has 0 saturated heterocycles. The van der Waals surface area contributed by atoms with Gasteiger partial charge in [-0.15, -0.1) is 11.3 Å². The maximum Gasteiger partial charge on any atom is 0.260 e. The minimum Gasteiger partial charge on any atom is -0.311 e. The quantitative estimate of drug-likeness (QED) is 0.159. The fourth-order valence-corrected chi connectivity index (χ4v) is 13.0. The van der Waals surface area contributed by atoms with E-state index in [4.69, 9.17) is 0 Å². The SMILES string of the molecule is CC(C)(C)c1ccc(N(c2cc3c4c(c2)N(c2ccc(C(C)(C)C)cc2)c2ccc(C(C)(C)C)cc2B4c2sc(-c4ccccc4)c4cccc-3c24)c2ccc3c(c2)C(C)(C)CCC3(C)C)cc1. The number of nitrogens with zero attached hydrogens (tertiary/aromatic N) is 2. The third-order valence-electron chi connectivity index (χ3n) is 15.8. The molecule has 0 atom stereocenters. The Hall–Kier alpha value is -5.84. The normalized spacial score (nSPS) is 15.8. The van der Waals surface area contributed by atoms with Gasteiger partial charge in [-0.2, -0.15) is 0 Å². The Bertz CT molecular complexity index is 3280. The Morgan fingerprint density at radius 1 is 0.515 bits per heavy atom. The van der Waals surface area contributed by atoms with E-state index < -0.39 is 0 Å². The minimum absolute atomic E-state index is 0.0184. The Balaban J connectivity index is 1.25. The average Bonchev–Trinajstić information content (AvgIpc) is 3.69. The topological polar surface area (TPSA) is 6.48 Å². The summed E-state index contributed by atoms with van der Waals surface area (Å²) in [6.07, 6.45) is 2.35. The van der Waals surface area contributed by atoms with E-state index in [2.05, 4.69) is 245 Å². The van der Waals surface area contributed by atoms with Crippen LogP contribution in [0.1, 0.15) is 131 Å². The Morgan fingerprint density at radius 3 is 1.76 bits per heavy atom. The molecule has 2 aliphatic heterocycles. The van der Waals surface area contributed by atoms with Crippen molar-refractivity contribution in [2.24, 2.45) is 0 Å². The first kappa shape index (κ1) is 44.7. The zero-order valence-corrected chi connectivity index (χ0v) is 43.5. The van der Waals surface area contributed by atoms with Crippen LogP contribution in [0.3, 0.4) is 0 Å². The van der Waals surface area contributed by atoms with Crippen molar-refractivity contribution in [3.05, 3.63) is 173 Å². The van der Waals surface area contributed by atoms with Gasteiger partial charge >= 0.3 is 0 Å². The van der Waals surface area contributed by atoms with Crippen molar-refractivity contribution in [1.82, 2.24) is 0 Å². The number of hydrogen-bond donors (Lipinski definition) is 0. The van der Waals surface area contributed by atoms with Crippen molar-refractivity contribution < 1.29 is 0 Å². The average molecular weight is 907 g/mol. The minimum atomic E-state index is -0.0184. The van der Waals surface area contributed by atoms with Gasteiger partial charge in [-0.1, -0.05) is 181 Å². The molecule has 68 heavy (non-hydrogen) atoms. The van der Waals surface area contributed by atoms with Crippen LogP contribution < -0.4 is 25.5 Å². The van der Waals surface area contributed by atoms with E-state index in [1.807, 2.05) is 11.3 Å². The van der Waals surface area contributed by atoms with Gasteiger partial charge in [0.25, 0.3) is 6.71 Å². The molecular weight excluding hydrogens is 840 g/mol. The largest absolute Gasteiger partial charge is 0.311 e. The number of thiophene rings is 1. The molecule has 0 N–H and O–H groups in total. The number of anilines is 6. The highest BCUT2D eigenvalue weighted by atomic mass is 32.1. The van der Waals surface area contributed by atoms with E-state index in [-0.39, 0.29) is 33.8 Å². The molecule has 2 nitrogen and oxygen atoms in total. The van der Waals surface area contributed by atoms with E-state index in [0.717, 1.165) is 0 Å². The lowest BCUT2D eigenvalue weighted by molar-refractivity contribution is 0.332. The summed E-state index contributed by atoms with van der Waals surface area (Å²) in [5.74, 6) is 0. The summed E-state index contributed by atoms with van der Waals surface area (Å²) in [4.78, 5) is 6.51. The molecule has 4 heteroatoms. The standard InChI is InChI=1S/C64H67BN2S/c1-60(2,3)41-22-27-44(28-23-41)66(46-31-32-51-52(38-46)64(12,13)35-34-63(51,10)11)47-37-50-48-20-17-21-49-56(48)59(68-58(49)40-18-15-14-16-19-40)65-53-36-43(62(7,8)9)26-33-54(53)67(55(39-47)57(50)65)45-29-24-42(25-30-45)61(4,5)6/h14-33,36-39H,34-35H2,1-13H3. The zero-order chi connectivity index (χ0) is 47.9. The third-order valence-corrected chi connectivity index (χ3v) is 17.1. The van der Waals surface area contributed by atoms with Crippen LogP contribution in [-0.4, -0.2) is 6.71 Å². The van der Waals surface area contributed by atoms with Crippen LogP contribution in [-0.2, 0) is 27.1 Å². The second-order valence-corrected chi connectivity index (χ2v) is 25.6. The molecule has 11 rings (SSSR count). The van der Waals surface area contributed by atoms with Crippen LogP contribution in [0.15, 0.2) is 146 Å². The van der Waals surface area contributed by atoms with Gasteiger partial charge in [0, 0.05) is 44.4 Å². The van der Waals surface area contributed by atoms with Gasteiger partial charge in [0.2, 0.25) is 0 Å². The number of hydrogen-bond acceptors (Lipinski definition) is 3. The predicted octanol–water partition coefficient (Wildman–Crippen LogP) is 16.6. The highest BCUT2D eigenvalue weighted by Crippen LogP contribution is 2.52. The molecule has 0 fully saturated rings. The predicted molar refractivity (Wildman–Crippen MR) is 298 cm³/mol. The summed E-state index contributed by atoms with van der Waals surface area (Å²) in [6, 6.07) is 56.9. The maximum atomic E-state index is 2.60. The van der Waals surface area contributed by atoms with E-state index >= 15 is 0 Å².